The molecule has 1 unspecified atom stereocenters. The lowest BCUT2D eigenvalue weighted by atomic mass is 10.1. The van der Waals surface area contributed by atoms with Gasteiger partial charge in [0.05, 0.1) is 19.5 Å². The van der Waals surface area contributed by atoms with Crippen molar-refractivity contribution in [2.45, 2.75) is 25.6 Å². The first-order valence-corrected chi connectivity index (χ1v) is 14.4. The summed E-state index contributed by atoms with van der Waals surface area (Å²) in [7, 11) is 0. The minimum Gasteiger partial charge on any atom is -0.461 e. The van der Waals surface area contributed by atoms with Gasteiger partial charge >= 0.3 is 5.97 Å². The van der Waals surface area contributed by atoms with E-state index in [0.29, 0.717) is 25.9 Å². The van der Waals surface area contributed by atoms with Gasteiger partial charge in [-0.15, -0.1) is 0 Å². The van der Waals surface area contributed by atoms with E-state index in [4.69, 9.17) is 4.74 Å². The Labute approximate surface area is 251 Å². The van der Waals surface area contributed by atoms with Gasteiger partial charge in [-0.3, -0.25) is 29.1 Å². The second-order valence-electron chi connectivity index (χ2n) is 10.3. The van der Waals surface area contributed by atoms with Crippen molar-refractivity contribution in [3.63, 3.8) is 0 Å². The van der Waals surface area contributed by atoms with Crippen LogP contribution < -0.4 is 15.5 Å². The van der Waals surface area contributed by atoms with Crippen LogP contribution >= 0.6 is 0 Å². The van der Waals surface area contributed by atoms with Gasteiger partial charge in [-0.2, -0.15) is 0 Å². The number of anilines is 1. The normalized spacial score (nSPS) is 13.9. The van der Waals surface area contributed by atoms with E-state index in [2.05, 4.69) is 20.5 Å². The number of hydrogen-bond donors (Lipinski definition) is 2. The van der Waals surface area contributed by atoms with Gasteiger partial charge in [0, 0.05) is 50.8 Å². The third-order valence-corrected chi connectivity index (χ3v) is 7.18. The maximum atomic E-state index is 12.9. The van der Waals surface area contributed by atoms with Crippen LogP contribution in [-0.4, -0.2) is 91.0 Å². The van der Waals surface area contributed by atoms with Crippen LogP contribution in [0.1, 0.15) is 17.5 Å². The molecule has 0 spiro atoms. The molecule has 0 saturated carbocycles. The second kappa shape index (κ2) is 16.6. The molecule has 0 aliphatic carbocycles. The SMILES string of the molecule is O=CN(CCc1ccccc1)C(CC(=O)OCc1ccccc1)NC(=O)CNC(=O)CN1CCN(c2ccncc2)CC1. The van der Waals surface area contributed by atoms with Gasteiger partial charge in [-0.1, -0.05) is 60.7 Å². The molecule has 226 valence electrons. The quantitative estimate of drug-likeness (QED) is 0.156. The fourth-order valence-corrected chi connectivity index (χ4v) is 4.78. The Morgan fingerprint density at radius 1 is 0.884 bits per heavy atom. The van der Waals surface area contributed by atoms with Crippen molar-refractivity contribution in [1.82, 2.24) is 25.4 Å². The average Bonchev–Trinajstić information content (AvgIpc) is 3.05. The monoisotopic (exact) mass is 586 g/mol. The van der Waals surface area contributed by atoms with E-state index < -0.39 is 18.0 Å². The highest BCUT2D eigenvalue weighted by Crippen LogP contribution is 2.14. The van der Waals surface area contributed by atoms with Gasteiger partial charge in [0.2, 0.25) is 18.2 Å². The first kappa shape index (κ1) is 31.2. The molecule has 1 atom stereocenters. The summed E-state index contributed by atoms with van der Waals surface area (Å²) in [6, 6.07) is 22.8. The fourth-order valence-electron chi connectivity index (χ4n) is 4.78. The zero-order valence-corrected chi connectivity index (χ0v) is 24.1. The fraction of sp³-hybridized carbons (Fsp3) is 0.344. The highest BCUT2D eigenvalue weighted by molar-refractivity contribution is 5.86. The summed E-state index contributed by atoms with van der Waals surface area (Å²) in [6.07, 6.45) is 3.50. The number of nitrogens with one attached hydrogen (secondary N) is 2. The molecule has 2 aromatic carbocycles. The molecule has 1 aromatic heterocycles. The molecular weight excluding hydrogens is 548 g/mol. The molecule has 4 rings (SSSR count). The Kier molecular flexibility index (Phi) is 12.0. The maximum Gasteiger partial charge on any atom is 0.310 e. The number of esters is 1. The number of carbonyl (C=O) groups is 4. The van der Waals surface area contributed by atoms with E-state index in [1.807, 2.05) is 77.7 Å². The van der Waals surface area contributed by atoms with Crippen molar-refractivity contribution in [3.05, 3.63) is 96.3 Å². The highest BCUT2D eigenvalue weighted by atomic mass is 16.5. The molecule has 1 fully saturated rings. The summed E-state index contributed by atoms with van der Waals surface area (Å²) in [5, 5.41) is 5.39. The molecule has 1 saturated heterocycles. The maximum absolute atomic E-state index is 12.9. The predicted octanol–water partition coefficient (Wildman–Crippen LogP) is 1.60. The lowest BCUT2D eigenvalue weighted by Gasteiger charge is -2.35. The molecule has 43 heavy (non-hydrogen) atoms. The number of pyridine rings is 1. The minimum atomic E-state index is -0.935. The molecule has 0 bridgehead atoms. The van der Waals surface area contributed by atoms with E-state index in [1.54, 1.807) is 12.4 Å². The molecule has 3 aromatic rings. The molecule has 0 radical (unpaired) electrons. The van der Waals surface area contributed by atoms with E-state index in [-0.39, 0.29) is 38.6 Å². The van der Waals surface area contributed by atoms with E-state index in [0.717, 1.165) is 29.9 Å². The van der Waals surface area contributed by atoms with E-state index in [1.165, 1.54) is 4.90 Å². The second-order valence-corrected chi connectivity index (χ2v) is 10.3. The summed E-state index contributed by atoms with van der Waals surface area (Å²) in [5.74, 6) is -1.35. The van der Waals surface area contributed by atoms with Gasteiger partial charge in [-0.25, -0.2) is 0 Å². The summed E-state index contributed by atoms with van der Waals surface area (Å²) in [6.45, 7) is 3.24. The van der Waals surface area contributed by atoms with Gasteiger partial charge in [0.15, 0.2) is 0 Å². The number of nitrogens with zero attached hydrogens (tertiary/aromatic N) is 4. The van der Waals surface area contributed by atoms with Crippen molar-refractivity contribution in [3.8, 4) is 0 Å². The summed E-state index contributed by atoms with van der Waals surface area (Å²) < 4.78 is 5.40. The number of hydrogen-bond acceptors (Lipinski definition) is 8. The molecule has 1 aliphatic heterocycles. The number of aromatic nitrogens is 1. The zero-order chi connectivity index (χ0) is 30.3. The Balaban J connectivity index is 1.26. The van der Waals surface area contributed by atoms with Crippen LogP contribution in [0.25, 0.3) is 0 Å². The van der Waals surface area contributed by atoms with Crippen molar-refractivity contribution < 1.29 is 23.9 Å². The molecule has 11 heteroatoms. The number of benzene rings is 2. The van der Waals surface area contributed by atoms with Gasteiger partial charge in [0.1, 0.15) is 12.8 Å². The minimum absolute atomic E-state index is 0.0817. The smallest absolute Gasteiger partial charge is 0.310 e. The number of rotatable bonds is 15. The summed E-state index contributed by atoms with van der Waals surface area (Å²) >= 11 is 0. The van der Waals surface area contributed by atoms with E-state index >= 15 is 0 Å². The van der Waals surface area contributed by atoms with Crippen LogP contribution in [0.3, 0.4) is 0 Å². The first-order chi connectivity index (χ1) is 21.0. The first-order valence-electron chi connectivity index (χ1n) is 14.4. The Morgan fingerprint density at radius 3 is 2.19 bits per heavy atom. The molecular formula is C32H38N6O5. The average molecular weight is 587 g/mol. The largest absolute Gasteiger partial charge is 0.461 e. The van der Waals surface area contributed by atoms with Gasteiger partial charge < -0.3 is 25.2 Å². The van der Waals surface area contributed by atoms with Crippen LogP contribution in [0, 0.1) is 0 Å². The molecule has 2 heterocycles. The topological polar surface area (TPSA) is 124 Å². The van der Waals surface area contributed by atoms with Gasteiger partial charge in [0.25, 0.3) is 0 Å². The van der Waals surface area contributed by atoms with Crippen molar-refractivity contribution in [2.24, 2.45) is 0 Å². The Morgan fingerprint density at radius 2 is 1.53 bits per heavy atom. The molecule has 3 amide bonds. The Bertz CT molecular complexity index is 1300. The van der Waals surface area contributed by atoms with Crippen molar-refractivity contribution in [2.75, 3.05) is 50.7 Å². The lowest BCUT2D eigenvalue weighted by Crippen LogP contribution is -2.53. The predicted molar refractivity (Wildman–Crippen MR) is 162 cm³/mol. The van der Waals surface area contributed by atoms with Crippen molar-refractivity contribution >= 4 is 29.9 Å². The molecule has 1 aliphatic rings. The van der Waals surface area contributed by atoms with Crippen LogP contribution in [-0.2, 0) is 36.9 Å². The third-order valence-electron chi connectivity index (χ3n) is 7.18. The van der Waals surface area contributed by atoms with Crippen LogP contribution in [0.5, 0.6) is 0 Å². The summed E-state index contributed by atoms with van der Waals surface area (Å²) in [4.78, 5) is 59.9. The van der Waals surface area contributed by atoms with Crippen LogP contribution in [0.2, 0.25) is 0 Å². The number of amides is 3. The number of piperazine rings is 1. The lowest BCUT2D eigenvalue weighted by molar-refractivity contribution is -0.147. The van der Waals surface area contributed by atoms with Gasteiger partial charge in [-0.05, 0) is 29.7 Å². The molecule has 2 N–H and O–H groups in total. The molecule has 11 nitrogen and oxygen atoms in total. The standard InChI is InChI=1S/C32H38N6O5/c39-25-38(16-13-26-7-3-1-4-8-26)29(21-32(42)43-24-27-9-5-2-6-10-27)35-30(40)22-34-31(41)23-36-17-19-37(20-18-36)28-11-14-33-15-12-28/h1-12,14-15,25,29H,13,16-24H2,(H,34,41)(H,35,40). The number of ether oxygens (including phenoxy) is 1. The third kappa shape index (κ3) is 10.5. The van der Waals surface area contributed by atoms with E-state index in [9.17, 15) is 19.2 Å². The Hall–Kier alpha value is -4.77. The summed E-state index contributed by atoms with van der Waals surface area (Å²) in [5.41, 5.74) is 2.94. The zero-order valence-electron chi connectivity index (χ0n) is 24.1. The number of carbonyl (C=O) groups excluding carboxylic acids is 4. The van der Waals surface area contributed by atoms with Crippen molar-refractivity contribution in [1.29, 1.82) is 0 Å². The van der Waals surface area contributed by atoms with Crippen LogP contribution in [0.4, 0.5) is 5.69 Å². The van der Waals surface area contributed by atoms with Crippen LogP contribution in [0.15, 0.2) is 85.2 Å². The highest BCUT2D eigenvalue weighted by Gasteiger charge is 2.24.